The summed E-state index contributed by atoms with van der Waals surface area (Å²) >= 11 is 1.49. The zero-order chi connectivity index (χ0) is 11.8. The Morgan fingerprint density at radius 1 is 1.33 bits per heavy atom. The highest BCUT2D eigenvalue weighted by atomic mass is 127. The Kier molecular flexibility index (Phi) is 3.22. The molecule has 0 bridgehead atoms. The van der Waals surface area contributed by atoms with E-state index in [1.807, 2.05) is 0 Å². The molecule has 0 unspecified atom stereocenters. The Labute approximate surface area is 95.0 Å². The lowest BCUT2D eigenvalue weighted by atomic mass is 10.1. The van der Waals surface area contributed by atoms with Crippen LogP contribution in [0.3, 0.4) is 0 Å². The van der Waals surface area contributed by atoms with Crippen LogP contribution in [-0.2, 0) is 6.18 Å². The predicted octanol–water partition coefficient (Wildman–Crippen LogP) is 3.15. The summed E-state index contributed by atoms with van der Waals surface area (Å²) < 4.78 is 49.8. The second kappa shape index (κ2) is 3.95. The number of rotatable bonds is 1. The van der Waals surface area contributed by atoms with E-state index in [9.17, 15) is 22.4 Å². The van der Waals surface area contributed by atoms with E-state index in [0.29, 0.717) is 6.07 Å². The average Bonchev–Trinajstić information content (AvgIpc) is 2.06. The number of halogens is 5. The summed E-state index contributed by atoms with van der Waals surface area (Å²) in [6.07, 6.45) is -4.89. The van der Waals surface area contributed by atoms with Crippen LogP contribution in [0, 0.1) is 9.39 Å². The van der Waals surface area contributed by atoms with Crippen molar-refractivity contribution in [1.29, 1.82) is 0 Å². The van der Waals surface area contributed by atoms with Gasteiger partial charge in [-0.15, -0.1) is 0 Å². The summed E-state index contributed by atoms with van der Waals surface area (Å²) in [5.74, 6) is -3.48. The molecule has 0 amide bonds. The zero-order valence-electron chi connectivity index (χ0n) is 6.90. The Morgan fingerprint density at radius 2 is 1.87 bits per heavy atom. The Balaban J connectivity index is 3.49. The first-order valence-corrected chi connectivity index (χ1v) is 4.61. The van der Waals surface area contributed by atoms with Gasteiger partial charge in [-0.25, -0.2) is 9.18 Å². The molecule has 7 heteroatoms. The van der Waals surface area contributed by atoms with Crippen LogP contribution in [0.5, 0.6) is 0 Å². The van der Waals surface area contributed by atoms with Gasteiger partial charge < -0.3 is 5.11 Å². The first kappa shape index (κ1) is 12.2. The number of carboxylic acid groups (broad SMARTS) is 1. The van der Waals surface area contributed by atoms with E-state index in [4.69, 9.17) is 5.11 Å². The molecule has 0 aliphatic carbocycles. The lowest BCUT2D eigenvalue weighted by Crippen LogP contribution is -2.13. The van der Waals surface area contributed by atoms with E-state index in [1.54, 1.807) is 0 Å². The maximum Gasteiger partial charge on any atom is 0.419 e. The van der Waals surface area contributed by atoms with Crippen molar-refractivity contribution in [1.82, 2.24) is 0 Å². The van der Waals surface area contributed by atoms with Crippen LogP contribution in [0.1, 0.15) is 15.9 Å². The van der Waals surface area contributed by atoms with E-state index >= 15 is 0 Å². The molecule has 0 heterocycles. The fourth-order valence-electron chi connectivity index (χ4n) is 0.951. The molecule has 0 aromatic heterocycles. The molecule has 15 heavy (non-hydrogen) atoms. The minimum Gasteiger partial charge on any atom is -0.478 e. The molecular formula is C8H3F4IO2. The minimum atomic E-state index is -4.89. The van der Waals surface area contributed by atoms with Gasteiger partial charge in [0.25, 0.3) is 0 Å². The van der Waals surface area contributed by atoms with E-state index < -0.39 is 29.1 Å². The van der Waals surface area contributed by atoms with Gasteiger partial charge in [-0.3, -0.25) is 0 Å². The van der Waals surface area contributed by atoms with Gasteiger partial charge in [0, 0.05) is 3.57 Å². The molecule has 1 aromatic rings. The maximum atomic E-state index is 13.1. The van der Waals surface area contributed by atoms with Crippen molar-refractivity contribution in [2.45, 2.75) is 6.18 Å². The fourth-order valence-corrected chi connectivity index (χ4v) is 1.57. The summed E-state index contributed by atoms with van der Waals surface area (Å²) in [6.45, 7) is 0. The third-order valence-corrected chi connectivity index (χ3v) is 2.20. The molecule has 1 aromatic carbocycles. The number of carboxylic acids is 1. The van der Waals surface area contributed by atoms with Gasteiger partial charge in [-0.2, -0.15) is 13.2 Å². The zero-order valence-corrected chi connectivity index (χ0v) is 9.06. The minimum absolute atomic E-state index is 0.0127. The second-order valence-corrected chi connectivity index (χ2v) is 3.86. The molecule has 0 aliphatic rings. The molecule has 0 saturated carbocycles. The number of aromatic carboxylic acids is 1. The SMILES string of the molecule is O=C(O)c1cc(I)cc(C(F)(F)F)c1F. The number of hydrogen-bond acceptors (Lipinski definition) is 1. The van der Waals surface area contributed by atoms with Gasteiger partial charge in [0.15, 0.2) is 0 Å². The lowest BCUT2D eigenvalue weighted by Gasteiger charge is -2.10. The molecular weight excluding hydrogens is 331 g/mol. The number of alkyl halides is 3. The topological polar surface area (TPSA) is 37.3 Å². The summed E-state index contributed by atoms with van der Waals surface area (Å²) in [5.41, 5.74) is -2.54. The molecule has 1 rings (SSSR count). The van der Waals surface area contributed by atoms with Gasteiger partial charge in [0.2, 0.25) is 0 Å². The molecule has 0 fully saturated rings. The monoisotopic (exact) mass is 334 g/mol. The molecule has 82 valence electrons. The number of hydrogen-bond donors (Lipinski definition) is 1. The standard InChI is InChI=1S/C8H3F4IO2/c9-6-4(7(14)15)1-3(13)2-5(6)8(10,11)12/h1-2H,(H,14,15). The normalized spacial score (nSPS) is 11.5. The highest BCUT2D eigenvalue weighted by Crippen LogP contribution is 2.33. The number of carbonyl (C=O) groups is 1. The summed E-state index contributed by atoms with van der Waals surface area (Å²) in [5, 5.41) is 8.47. The highest BCUT2D eigenvalue weighted by Gasteiger charge is 2.36. The van der Waals surface area contributed by atoms with Crippen LogP contribution in [0.4, 0.5) is 17.6 Å². The van der Waals surface area contributed by atoms with Crippen molar-refractivity contribution in [3.8, 4) is 0 Å². The molecule has 0 saturated heterocycles. The second-order valence-electron chi connectivity index (χ2n) is 2.62. The lowest BCUT2D eigenvalue weighted by molar-refractivity contribution is -0.140. The van der Waals surface area contributed by atoms with Crippen LogP contribution in [-0.4, -0.2) is 11.1 Å². The van der Waals surface area contributed by atoms with Crippen molar-refractivity contribution in [3.05, 3.63) is 32.6 Å². The van der Waals surface area contributed by atoms with Gasteiger partial charge in [-0.1, -0.05) is 0 Å². The predicted molar refractivity (Wildman–Crippen MR) is 51.1 cm³/mol. The van der Waals surface area contributed by atoms with Crippen LogP contribution < -0.4 is 0 Å². The van der Waals surface area contributed by atoms with Gasteiger partial charge in [0.1, 0.15) is 5.82 Å². The van der Waals surface area contributed by atoms with Crippen molar-refractivity contribution in [2.75, 3.05) is 0 Å². The van der Waals surface area contributed by atoms with Crippen LogP contribution in [0.15, 0.2) is 12.1 Å². The molecule has 0 spiro atoms. The molecule has 0 atom stereocenters. The van der Waals surface area contributed by atoms with Crippen molar-refractivity contribution in [2.24, 2.45) is 0 Å². The molecule has 2 nitrogen and oxygen atoms in total. The van der Waals surface area contributed by atoms with E-state index in [-0.39, 0.29) is 3.57 Å². The summed E-state index contributed by atoms with van der Waals surface area (Å²) in [7, 11) is 0. The van der Waals surface area contributed by atoms with Crippen LogP contribution >= 0.6 is 22.6 Å². The quantitative estimate of drug-likeness (QED) is 0.633. The summed E-state index contributed by atoms with van der Waals surface area (Å²) in [6, 6.07) is 1.40. The molecule has 0 radical (unpaired) electrons. The summed E-state index contributed by atoms with van der Waals surface area (Å²) in [4.78, 5) is 10.4. The first-order chi connectivity index (χ1) is 6.73. The fraction of sp³-hybridized carbons (Fsp3) is 0.125. The van der Waals surface area contributed by atoms with Gasteiger partial charge in [0.05, 0.1) is 11.1 Å². The first-order valence-electron chi connectivity index (χ1n) is 3.53. The Bertz CT molecular complexity index is 414. The molecule has 0 aliphatic heterocycles. The smallest absolute Gasteiger partial charge is 0.419 e. The number of benzene rings is 1. The van der Waals surface area contributed by atoms with E-state index in [1.165, 1.54) is 22.6 Å². The van der Waals surface area contributed by atoms with Crippen LogP contribution in [0.25, 0.3) is 0 Å². The van der Waals surface area contributed by atoms with Crippen molar-refractivity contribution in [3.63, 3.8) is 0 Å². The Morgan fingerprint density at radius 3 is 2.27 bits per heavy atom. The third kappa shape index (κ3) is 2.58. The van der Waals surface area contributed by atoms with Crippen LogP contribution in [0.2, 0.25) is 0 Å². The maximum absolute atomic E-state index is 13.1. The van der Waals surface area contributed by atoms with E-state index in [2.05, 4.69) is 0 Å². The third-order valence-electron chi connectivity index (χ3n) is 1.57. The van der Waals surface area contributed by atoms with Crippen molar-refractivity contribution >= 4 is 28.6 Å². The van der Waals surface area contributed by atoms with Gasteiger partial charge in [-0.05, 0) is 34.7 Å². The van der Waals surface area contributed by atoms with Crippen molar-refractivity contribution < 1.29 is 27.5 Å². The average molecular weight is 334 g/mol. The van der Waals surface area contributed by atoms with Gasteiger partial charge >= 0.3 is 12.1 Å². The Hall–Kier alpha value is -0.860. The molecule has 1 N–H and O–H groups in total. The largest absolute Gasteiger partial charge is 0.478 e. The van der Waals surface area contributed by atoms with E-state index in [0.717, 1.165) is 6.07 Å². The highest BCUT2D eigenvalue weighted by molar-refractivity contribution is 14.1.